The molecular weight excluding hydrogens is 548 g/mol. The van der Waals surface area contributed by atoms with Crippen molar-refractivity contribution in [2.45, 2.75) is 25.8 Å². The molecule has 2 aromatic heterocycles. The quantitative estimate of drug-likeness (QED) is 0.285. The number of imidazole rings is 1. The van der Waals surface area contributed by atoms with Gasteiger partial charge in [0.2, 0.25) is 5.91 Å². The lowest BCUT2D eigenvalue weighted by Gasteiger charge is -2.32. The third-order valence-corrected chi connectivity index (χ3v) is 9.78. The minimum Gasteiger partial charge on any atom is -0.361 e. The first-order chi connectivity index (χ1) is 21.5. The zero-order chi connectivity index (χ0) is 29.8. The van der Waals surface area contributed by atoms with Crippen molar-refractivity contribution in [3.63, 3.8) is 0 Å². The topological polar surface area (TPSA) is 77.5 Å². The van der Waals surface area contributed by atoms with E-state index in [4.69, 9.17) is 4.98 Å². The molecule has 1 saturated carbocycles. The van der Waals surface area contributed by atoms with E-state index in [1.807, 2.05) is 29.3 Å². The second kappa shape index (κ2) is 10.9. The summed E-state index contributed by atoms with van der Waals surface area (Å²) in [6.45, 7) is 5.65. The second-order valence-electron chi connectivity index (χ2n) is 12.9. The van der Waals surface area contributed by atoms with Gasteiger partial charge in [-0.15, -0.1) is 0 Å². The standard InChI is InChI=1S/C36H38N6O2/c1-39-16-18-40(19-17-39)36(44)30-10-11-31-33(21-30)42(23-24-13-15-41(22-24)35(43)28-7-8-28)34(38-31)27-5-2-25(3-6-27)29-9-4-26-12-14-37-32(26)20-29/h2-6,9-12,14,20-21,24,28,37H,7-8,13,15-19,22-23H2,1H3/t24-/m0/s1. The molecule has 224 valence electrons. The Morgan fingerprint density at radius 1 is 0.818 bits per heavy atom. The molecule has 8 heteroatoms. The van der Waals surface area contributed by atoms with E-state index in [2.05, 4.69) is 74.9 Å². The fraction of sp³-hybridized carbons (Fsp3) is 0.361. The predicted molar refractivity (Wildman–Crippen MR) is 173 cm³/mol. The van der Waals surface area contributed by atoms with Crippen molar-refractivity contribution in [2.24, 2.45) is 11.8 Å². The lowest BCUT2D eigenvalue weighted by Crippen LogP contribution is -2.47. The summed E-state index contributed by atoms with van der Waals surface area (Å²) >= 11 is 0. The van der Waals surface area contributed by atoms with Crippen molar-refractivity contribution in [3.8, 4) is 22.5 Å². The van der Waals surface area contributed by atoms with Gasteiger partial charge in [-0.2, -0.15) is 0 Å². The average Bonchev–Trinajstić information content (AvgIpc) is 3.45. The maximum absolute atomic E-state index is 13.5. The van der Waals surface area contributed by atoms with Crippen LogP contribution in [0.25, 0.3) is 44.5 Å². The van der Waals surface area contributed by atoms with Gasteiger partial charge in [-0.3, -0.25) is 9.59 Å². The minimum atomic E-state index is 0.0831. The highest BCUT2D eigenvalue weighted by molar-refractivity contribution is 5.98. The molecule has 0 radical (unpaired) electrons. The Bertz CT molecular complexity index is 1860. The summed E-state index contributed by atoms with van der Waals surface area (Å²) in [4.78, 5) is 41.1. The number of amides is 2. The van der Waals surface area contributed by atoms with Gasteiger partial charge in [0.1, 0.15) is 5.82 Å². The Hall–Kier alpha value is -4.43. The van der Waals surface area contributed by atoms with Crippen LogP contribution in [0.4, 0.5) is 0 Å². The Morgan fingerprint density at radius 3 is 2.39 bits per heavy atom. The van der Waals surface area contributed by atoms with Crippen molar-refractivity contribution in [2.75, 3.05) is 46.3 Å². The molecule has 0 unspecified atom stereocenters. The molecule has 2 amide bonds. The number of carbonyl (C=O) groups is 2. The minimum absolute atomic E-state index is 0.0831. The van der Waals surface area contributed by atoms with Gasteiger partial charge in [-0.25, -0.2) is 4.98 Å². The largest absolute Gasteiger partial charge is 0.361 e. The van der Waals surface area contributed by atoms with Gasteiger partial charge in [-0.1, -0.05) is 36.4 Å². The van der Waals surface area contributed by atoms with E-state index in [-0.39, 0.29) is 11.8 Å². The zero-order valence-electron chi connectivity index (χ0n) is 25.2. The van der Waals surface area contributed by atoms with Crippen LogP contribution in [0.1, 0.15) is 29.6 Å². The van der Waals surface area contributed by atoms with Crippen molar-refractivity contribution in [1.29, 1.82) is 0 Å². The van der Waals surface area contributed by atoms with Gasteiger partial charge in [0.25, 0.3) is 5.91 Å². The summed E-state index contributed by atoms with van der Waals surface area (Å²) in [6.07, 6.45) is 5.03. The molecule has 3 fully saturated rings. The van der Waals surface area contributed by atoms with Crippen LogP contribution in [-0.2, 0) is 11.3 Å². The molecule has 4 heterocycles. The highest BCUT2D eigenvalue weighted by Gasteiger charge is 2.37. The van der Waals surface area contributed by atoms with Crippen LogP contribution in [-0.4, -0.2) is 87.4 Å². The SMILES string of the molecule is CN1CCN(C(=O)c2ccc3nc(-c4ccc(-c5ccc6cc[nH]c6c5)cc4)n(C[C@H]4CCN(C(=O)C5CC5)C4)c3c2)CC1. The van der Waals surface area contributed by atoms with Gasteiger partial charge in [0.05, 0.1) is 11.0 Å². The van der Waals surface area contributed by atoms with Gasteiger partial charge in [0.15, 0.2) is 0 Å². The Kier molecular flexibility index (Phi) is 6.74. The highest BCUT2D eigenvalue weighted by Crippen LogP contribution is 2.35. The fourth-order valence-electron chi connectivity index (χ4n) is 6.92. The first-order valence-electron chi connectivity index (χ1n) is 15.9. The third kappa shape index (κ3) is 5.07. The molecule has 44 heavy (non-hydrogen) atoms. The molecule has 1 N–H and O–H groups in total. The number of aromatic amines is 1. The van der Waals surface area contributed by atoms with E-state index in [9.17, 15) is 9.59 Å². The van der Waals surface area contributed by atoms with Crippen molar-refractivity contribution >= 4 is 33.8 Å². The molecule has 1 aliphatic carbocycles. The van der Waals surface area contributed by atoms with Crippen LogP contribution in [0, 0.1) is 11.8 Å². The number of aromatic nitrogens is 3. The van der Waals surface area contributed by atoms with Crippen LogP contribution < -0.4 is 0 Å². The third-order valence-electron chi connectivity index (χ3n) is 9.78. The molecule has 3 aromatic carbocycles. The molecule has 2 aliphatic heterocycles. The summed E-state index contributed by atoms with van der Waals surface area (Å²) in [5.41, 5.74) is 7.06. The zero-order valence-corrected chi connectivity index (χ0v) is 25.2. The van der Waals surface area contributed by atoms with Crippen molar-refractivity contribution < 1.29 is 9.59 Å². The number of nitrogens with zero attached hydrogens (tertiary/aromatic N) is 5. The van der Waals surface area contributed by atoms with Gasteiger partial charge < -0.3 is 24.3 Å². The normalized spacial score (nSPS) is 19.3. The summed E-state index contributed by atoms with van der Waals surface area (Å²) in [5.74, 6) is 1.91. The van der Waals surface area contributed by atoms with E-state index in [1.165, 1.54) is 10.9 Å². The summed E-state index contributed by atoms with van der Waals surface area (Å²) in [7, 11) is 2.10. The number of piperazine rings is 1. The number of rotatable bonds is 6. The second-order valence-corrected chi connectivity index (χ2v) is 12.9. The summed E-state index contributed by atoms with van der Waals surface area (Å²) in [6, 6.07) is 23.2. The van der Waals surface area contributed by atoms with E-state index in [1.54, 1.807) is 0 Å². The number of H-pyrrole nitrogens is 1. The predicted octanol–water partition coefficient (Wildman–Crippen LogP) is 5.50. The first kappa shape index (κ1) is 27.1. The molecule has 0 bridgehead atoms. The number of likely N-dealkylation sites (tertiary alicyclic amines) is 1. The molecule has 8 rings (SSSR count). The number of hydrogen-bond donors (Lipinski definition) is 1. The van der Waals surface area contributed by atoms with E-state index >= 15 is 0 Å². The number of carbonyl (C=O) groups excluding carboxylic acids is 2. The van der Waals surface area contributed by atoms with Gasteiger partial charge >= 0.3 is 0 Å². The van der Waals surface area contributed by atoms with E-state index in [0.29, 0.717) is 17.4 Å². The molecule has 2 saturated heterocycles. The van der Waals surface area contributed by atoms with E-state index in [0.717, 1.165) is 98.6 Å². The fourth-order valence-corrected chi connectivity index (χ4v) is 6.92. The molecule has 5 aromatic rings. The number of benzene rings is 3. The highest BCUT2D eigenvalue weighted by atomic mass is 16.2. The maximum Gasteiger partial charge on any atom is 0.254 e. The molecular formula is C36H38N6O2. The monoisotopic (exact) mass is 586 g/mol. The lowest BCUT2D eigenvalue weighted by molar-refractivity contribution is -0.131. The van der Waals surface area contributed by atoms with Crippen LogP contribution in [0.3, 0.4) is 0 Å². The molecule has 0 spiro atoms. The molecule has 1 atom stereocenters. The number of fused-ring (bicyclic) bond motifs is 2. The lowest BCUT2D eigenvalue weighted by atomic mass is 10.0. The van der Waals surface area contributed by atoms with E-state index < -0.39 is 0 Å². The number of hydrogen-bond acceptors (Lipinski definition) is 4. The molecule has 3 aliphatic rings. The van der Waals surface area contributed by atoms with Gasteiger partial charge in [0, 0.05) is 74.6 Å². The maximum atomic E-state index is 13.5. The average molecular weight is 587 g/mol. The Morgan fingerprint density at radius 2 is 1.59 bits per heavy atom. The summed E-state index contributed by atoms with van der Waals surface area (Å²) in [5, 5.41) is 1.20. The van der Waals surface area contributed by atoms with Crippen LogP contribution in [0.2, 0.25) is 0 Å². The van der Waals surface area contributed by atoms with Crippen molar-refractivity contribution in [1.82, 2.24) is 29.2 Å². The van der Waals surface area contributed by atoms with Crippen LogP contribution >= 0.6 is 0 Å². The Labute approximate surface area is 257 Å². The first-order valence-corrected chi connectivity index (χ1v) is 15.9. The molecule has 8 nitrogen and oxygen atoms in total. The number of nitrogens with one attached hydrogen (secondary N) is 1. The van der Waals surface area contributed by atoms with Gasteiger partial charge in [-0.05, 0) is 79.1 Å². The van der Waals surface area contributed by atoms with Crippen molar-refractivity contribution in [3.05, 3.63) is 78.5 Å². The van der Waals surface area contributed by atoms with Crippen LogP contribution in [0.5, 0.6) is 0 Å². The van der Waals surface area contributed by atoms with Crippen LogP contribution in [0.15, 0.2) is 72.9 Å². The number of likely N-dealkylation sites (N-methyl/N-ethyl adjacent to an activating group) is 1. The smallest absolute Gasteiger partial charge is 0.254 e. The summed E-state index contributed by atoms with van der Waals surface area (Å²) < 4.78 is 2.30. The Balaban J connectivity index is 1.13.